The van der Waals surface area contributed by atoms with Crippen molar-refractivity contribution >= 4 is 23.2 Å². The lowest BCUT2D eigenvalue weighted by molar-refractivity contribution is -0.122. The van der Waals surface area contributed by atoms with Crippen LogP contribution in [0.3, 0.4) is 0 Å². The number of benzene rings is 2. The van der Waals surface area contributed by atoms with Crippen LogP contribution in [-0.4, -0.2) is 18.4 Å². The summed E-state index contributed by atoms with van der Waals surface area (Å²) in [7, 11) is 0. The number of carbonyl (C=O) groups is 2. The first kappa shape index (κ1) is 19.0. The lowest BCUT2D eigenvalue weighted by Gasteiger charge is -2.20. The minimum absolute atomic E-state index is 0.0502. The molecule has 1 unspecified atom stereocenters. The maximum Gasteiger partial charge on any atom is 0.229 e. The molecule has 142 valence electrons. The summed E-state index contributed by atoms with van der Waals surface area (Å²) in [6.45, 7) is 5.92. The van der Waals surface area contributed by atoms with Gasteiger partial charge in [-0.1, -0.05) is 38.1 Å². The Balaban J connectivity index is 1.82. The highest BCUT2D eigenvalue weighted by atomic mass is 19.1. The van der Waals surface area contributed by atoms with E-state index in [-0.39, 0.29) is 24.8 Å². The van der Waals surface area contributed by atoms with Crippen LogP contribution in [0.25, 0.3) is 0 Å². The quantitative estimate of drug-likeness (QED) is 0.865. The summed E-state index contributed by atoms with van der Waals surface area (Å²) in [5.74, 6) is -2.87. The molecule has 3 rings (SSSR count). The number of aryl methyl sites for hydroxylation is 1. The molecule has 6 heteroatoms. The van der Waals surface area contributed by atoms with Crippen LogP contribution in [0.15, 0.2) is 36.4 Å². The van der Waals surface area contributed by atoms with Gasteiger partial charge < -0.3 is 10.2 Å². The normalized spacial score (nSPS) is 16.9. The van der Waals surface area contributed by atoms with Gasteiger partial charge in [-0.15, -0.1) is 0 Å². The molecule has 2 aromatic rings. The zero-order valence-corrected chi connectivity index (χ0v) is 15.6. The van der Waals surface area contributed by atoms with E-state index in [0.29, 0.717) is 0 Å². The third kappa shape index (κ3) is 3.70. The minimum atomic E-state index is -0.814. The van der Waals surface area contributed by atoms with Crippen molar-refractivity contribution in [2.24, 2.45) is 5.92 Å². The topological polar surface area (TPSA) is 49.4 Å². The van der Waals surface area contributed by atoms with Crippen molar-refractivity contribution in [2.45, 2.75) is 33.1 Å². The number of anilines is 2. The summed E-state index contributed by atoms with van der Waals surface area (Å²) in [5, 5.41) is 2.92. The van der Waals surface area contributed by atoms with E-state index in [4.69, 9.17) is 0 Å². The fourth-order valence-electron chi connectivity index (χ4n) is 3.41. The molecular formula is C21H22F2N2O2. The largest absolute Gasteiger partial charge is 0.325 e. The predicted octanol–water partition coefficient (Wildman–Crippen LogP) is 4.39. The molecule has 1 heterocycles. The molecule has 2 amide bonds. The van der Waals surface area contributed by atoms with Crippen LogP contribution in [0.4, 0.5) is 20.2 Å². The van der Waals surface area contributed by atoms with Crippen LogP contribution in [0.2, 0.25) is 0 Å². The molecule has 1 aliphatic rings. The Bertz CT molecular complexity index is 875. The Kier molecular flexibility index (Phi) is 5.26. The smallest absolute Gasteiger partial charge is 0.229 e. The van der Waals surface area contributed by atoms with Crippen molar-refractivity contribution in [3.05, 3.63) is 59.2 Å². The molecule has 1 atom stereocenters. The highest BCUT2D eigenvalue weighted by Crippen LogP contribution is 2.32. The monoisotopic (exact) mass is 372 g/mol. The average Bonchev–Trinajstić information content (AvgIpc) is 2.98. The van der Waals surface area contributed by atoms with Gasteiger partial charge in [0.25, 0.3) is 0 Å². The van der Waals surface area contributed by atoms with Gasteiger partial charge in [0.1, 0.15) is 17.3 Å². The van der Waals surface area contributed by atoms with Gasteiger partial charge in [0, 0.05) is 18.7 Å². The molecule has 1 fully saturated rings. The van der Waals surface area contributed by atoms with Gasteiger partial charge in [-0.25, -0.2) is 8.78 Å². The number of para-hydroxylation sites is 2. The van der Waals surface area contributed by atoms with Crippen molar-refractivity contribution in [3.8, 4) is 0 Å². The summed E-state index contributed by atoms with van der Waals surface area (Å²) >= 11 is 0. The van der Waals surface area contributed by atoms with Gasteiger partial charge in [0.2, 0.25) is 11.8 Å². The first-order chi connectivity index (χ1) is 12.8. The molecule has 0 bridgehead atoms. The fraction of sp³-hybridized carbons (Fsp3) is 0.333. The second-order valence-corrected chi connectivity index (χ2v) is 7.16. The molecule has 0 aromatic heterocycles. The van der Waals surface area contributed by atoms with E-state index in [2.05, 4.69) is 5.32 Å². The molecule has 0 saturated carbocycles. The average molecular weight is 372 g/mol. The summed E-state index contributed by atoms with van der Waals surface area (Å²) < 4.78 is 28.0. The third-order valence-corrected chi connectivity index (χ3v) is 4.88. The van der Waals surface area contributed by atoms with Gasteiger partial charge in [-0.2, -0.15) is 0 Å². The highest BCUT2D eigenvalue weighted by Gasteiger charge is 2.37. The van der Waals surface area contributed by atoms with E-state index in [9.17, 15) is 18.4 Å². The zero-order valence-electron chi connectivity index (χ0n) is 15.6. The Morgan fingerprint density at radius 3 is 2.41 bits per heavy atom. The van der Waals surface area contributed by atoms with Crippen LogP contribution in [-0.2, 0) is 9.59 Å². The van der Waals surface area contributed by atoms with E-state index in [1.54, 1.807) is 0 Å². The molecule has 1 aliphatic heterocycles. The number of rotatable bonds is 4. The van der Waals surface area contributed by atoms with Crippen molar-refractivity contribution in [3.63, 3.8) is 0 Å². The lowest BCUT2D eigenvalue weighted by Crippen LogP contribution is -2.29. The molecule has 0 aliphatic carbocycles. The summed E-state index contributed by atoms with van der Waals surface area (Å²) in [6.07, 6.45) is -0.0809. The van der Waals surface area contributed by atoms with Gasteiger partial charge >= 0.3 is 0 Å². The van der Waals surface area contributed by atoms with E-state index in [1.807, 2.05) is 39.0 Å². The molecular weight excluding hydrogens is 350 g/mol. The van der Waals surface area contributed by atoms with Crippen LogP contribution < -0.4 is 10.2 Å². The standard InChI is InChI=1S/C21H22F2N2O2/c1-12(2)15-7-4-6-13(3)19(15)24-21(27)14-10-18(26)25(11-14)20-16(22)8-5-9-17(20)23/h4-9,12,14H,10-11H2,1-3H3,(H,24,27). The number of amides is 2. The second kappa shape index (κ2) is 7.47. The predicted molar refractivity (Wildman–Crippen MR) is 101 cm³/mol. The number of halogens is 2. The molecule has 1 N–H and O–H groups in total. The number of hydrogen-bond acceptors (Lipinski definition) is 2. The lowest BCUT2D eigenvalue weighted by atomic mass is 9.97. The van der Waals surface area contributed by atoms with E-state index in [1.165, 1.54) is 6.07 Å². The molecule has 0 spiro atoms. The van der Waals surface area contributed by atoms with Crippen molar-refractivity contribution in [1.82, 2.24) is 0 Å². The fourth-order valence-corrected chi connectivity index (χ4v) is 3.41. The zero-order chi connectivity index (χ0) is 19.7. The first-order valence-corrected chi connectivity index (χ1v) is 8.94. The highest BCUT2D eigenvalue weighted by molar-refractivity contribution is 6.04. The second-order valence-electron chi connectivity index (χ2n) is 7.16. The Hall–Kier alpha value is -2.76. The van der Waals surface area contributed by atoms with Gasteiger partial charge in [0.15, 0.2) is 0 Å². The summed E-state index contributed by atoms with van der Waals surface area (Å²) in [5.41, 5.74) is 2.28. The number of nitrogens with zero attached hydrogens (tertiary/aromatic N) is 1. The summed E-state index contributed by atoms with van der Waals surface area (Å²) in [6, 6.07) is 9.23. The number of hydrogen-bond donors (Lipinski definition) is 1. The van der Waals surface area contributed by atoms with E-state index < -0.39 is 29.1 Å². The minimum Gasteiger partial charge on any atom is -0.325 e. The van der Waals surface area contributed by atoms with Crippen LogP contribution >= 0.6 is 0 Å². The van der Waals surface area contributed by atoms with Crippen LogP contribution in [0.5, 0.6) is 0 Å². The van der Waals surface area contributed by atoms with Crippen molar-refractivity contribution in [2.75, 3.05) is 16.8 Å². The number of nitrogens with one attached hydrogen (secondary N) is 1. The van der Waals surface area contributed by atoms with E-state index in [0.717, 1.165) is 33.8 Å². The van der Waals surface area contributed by atoms with Crippen molar-refractivity contribution < 1.29 is 18.4 Å². The Morgan fingerprint density at radius 1 is 1.15 bits per heavy atom. The van der Waals surface area contributed by atoms with Crippen molar-refractivity contribution in [1.29, 1.82) is 0 Å². The summed E-state index contributed by atoms with van der Waals surface area (Å²) in [4.78, 5) is 26.1. The van der Waals surface area contributed by atoms with Gasteiger partial charge in [-0.05, 0) is 36.1 Å². The first-order valence-electron chi connectivity index (χ1n) is 8.94. The third-order valence-electron chi connectivity index (χ3n) is 4.88. The van der Waals surface area contributed by atoms with Crippen LogP contribution in [0, 0.1) is 24.5 Å². The van der Waals surface area contributed by atoms with Gasteiger partial charge in [0.05, 0.1) is 5.92 Å². The Labute approximate surface area is 157 Å². The van der Waals surface area contributed by atoms with E-state index >= 15 is 0 Å². The maximum absolute atomic E-state index is 14.0. The SMILES string of the molecule is Cc1cccc(C(C)C)c1NC(=O)C1CC(=O)N(c2c(F)cccc2F)C1. The maximum atomic E-state index is 14.0. The Morgan fingerprint density at radius 2 is 1.78 bits per heavy atom. The van der Waals surface area contributed by atoms with Crippen LogP contribution in [0.1, 0.15) is 37.3 Å². The molecule has 27 heavy (non-hydrogen) atoms. The molecule has 2 aromatic carbocycles. The molecule has 0 radical (unpaired) electrons. The number of carbonyl (C=O) groups excluding carboxylic acids is 2. The molecule has 4 nitrogen and oxygen atoms in total. The van der Waals surface area contributed by atoms with Gasteiger partial charge in [-0.3, -0.25) is 9.59 Å². The molecule has 1 saturated heterocycles.